The molecule has 0 heterocycles. The summed E-state index contributed by atoms with van der Waals surface area (Å²) in [7, 11) is 0. The van der Waals surface area contributed by atoms with Crippen LogP contribution in [0.15, 0.2) is 24.3 Å². The molecule has 5 unspecified atom stereocenters. The van der Waals surface area contributed by atoms with Crippen LogP contribution in [0.2, 0.25) is 0 Å². The Bertz CT molecular complexity index is 848. The number of aliphatic carboxylic acids is 1. The molecule has 0 saturated carbocycles. The van der Waals surface area contributed by atoms with E-state index in [1.807, 2.05) is 6.92 Å². The van der Waals surface area contributed by atoms with Crippen molar-refractivity contribution in [1.29, 1.82) is 0 Å². The van der Waals surface area contributed by atoms with Crippen molar-refractivity contribution in [2.45, 2.75) is 64.7 Å². The summed E-state index contributed by atoms with van der Waals surface area (Å²) < 4.78 is 0. The topological polar surface area (TPSA) is 171 Å². The Morgan fingerprint density at radius 1 is 0.941 bits per heavy atom. The number of thiol groups is 1. The van der Waals surface area contributed by atoms with Gasteiger partial charge in [-0.3, -0.25) is 14.4 Å². The molecule has 1 aromatic rings. The summed E-state index contributed by atoms with van der Waals surface area (Å²) in [6.07, 6.45) is 0.770. The van der Waals surface area contributed by atoms with Gasteiger partial charge in [-0.1, -0.05) is 46.2 Å². The molecule has 0 bridgehead atoms. The van der Waals surface area contributed by atoms with Crippen molar-refractivity contribution in [1.82, 2.24) is 16.0 Å². The number of hydrogen-bond acceptors (Lipinski definition) is 7. The summed E-state index contributed by atoms with van der Waals surface area (Å²) in [5, 5.41) is 26.3. The van der Waals surface area contributed by atoms with Crippen molar-refractivity contribution < 1.29 is 29.4 Å². The molecule has 0 aliphatic carbocycles. The summed E-state index contributed by atoms with van der Waals surface area (Å²) in [5.74, 6) is -3.58. The largest absolute Gasteiger partial charge is 0.508 e. The molecule has 11 heteroatoms. The Labute approximate surface area is 205 Å². The molecule has 0 saturated heterocycles. The van der Waals surface area contributed by atoms with Gasteiger partial charge in [0.25, 0.3) is 0 Å². The zero-order valence-electron chi connectivity index (χ0n) is 19.9. The highest BCUT2D eigenvalue weighted by atomic mass is 32.1. The van der Waals surface area contributed by atoms with E-state index >= 15 is 0 Å². The van der Waals surface area contributed by atoms with Crippen LogP contribution in [0.25, 0.3) is 0 Å². The standard InChI is InChI=1S/C23H36N4O6S/c1-5-13(4)19(27-20(29)16(24)10-14-6-8-15(28)9-7-14)22(31)25-17(11-34)21(30)26-18(12(2)3)23(32)33/h6-9,12-13,16-19,28,34H,5,10-11,24H2,1-4H3,(H,25,31)(H,26,30)(H,27,29)(H,32,33). The third-order valence-electron chi connectivity index (χ3n) is 5.57. The fourth-order valence-corrected chi connectivity index (χ4v) is 3.42. The lowest BCUT2D eigenvalue weighted by Crippen LogP contribution is -2.59. The van der Waals surface area contributed by atoms with Crippen molar-refractivity contribution in [3.05, 3.63) is 29.8 Å². The molecule has 10 nitrogen and oxygen atoms in total. The number of carbonyl (C=O) groups excluding carboxylic acids is 3. The SMILES string of the molecule is CCC(C)C(NC(=O)C(N)Cc1ccc(O)cc1)C(=O)NC(CS)C(=O)NC(C(=O)O)C(C)C. The first-order chi connectivity index (χ1) is 15.9. The second-order valence-electron chi connectivity index (χ2n) is 8.66. The lowest BCUT2D eigenvalue weighted by atomic mass is 9.97. The van der Waals surface area contributed by atoms with E-state index in [1.165, 1.54) is 12.1 Å². The van der Waals surface area contributed by atoms with E-state index < -0.39 is 47.9 Å². The van der Waals surface area contributed by atoms with E-state index in [0.29, 0.717) is 6.42 Å². The summed E-state index contributed by atoms with van der Waals surface area (Å²) in [5.41, 5.74) is 6.77. The molecule has 0 radical (unpaired) electrons. The van der Waals surface area contributed by atoms with Crippen LogP contribution in [0.5, 0.6) is 5.75 Å². The van der Waals surface area contributed by atoms with Gasteiger partial charge in [0, 0.05) is 5.75 Å². The molecular formula is C23H36N4O6S. The second-order valence-corrected chi connectivity index (χ2v) is 9.03. The average molecular weight is 497 g/mol. The van der Waals surface area contributed by atoms with E-state index in [1.54, 1.807) is 32.9 Å². The number of rotatable bonds is 13. The van der Waals surface area contributed by atoms with Crippen LogP contribution in [0.3, 0.4) is 0 Å². The molecule has 190 valence electrons. The van der Waals surface area contributed by atoms with Gasteiger partial charge < -0.3 is 31.9 Å². The molecular weight excluding hydrogens is 460 g/mol. The van der Waals surface area contributed by atoms with Crippen LogP contribution < -0.4 is 21.7 Å². The maximum atomic E-state index is 13.0. The van der Waals surface area contributed by atoms with Crippen LogP contribution in [0.4, 0.5) is 0 Å². The molecule has 0 fully saturated rings. The van der Waals surface area contributed by atoms with E-state index in [2.05, 4.69) is 28.6 Å². The lowest BCUT2D eigenvalue weighted by molar-refractivity contribution is -0.143. The highest BCUT2D eigenvalue weighted by Crippen LogP contribution is 2.12. The number of amides is 3. The summed E-state index contributed by atoms with van der Waals surface area (Å²) in [4.78, 5) is 49.7. The number of carboxylic acid groups (broad SMARTS) is 1. The number of phenols is 1. The summed E-state index contributed by atoms with van der Waals surface area (Å²) in [6, 6.07) is 2.19. The van der Waals surface area contributed by atoms with E-state index in [9.17, 15) is 29.4 Å². The minimum Gasteiger partial charge on any atom is -0.508 e. The number of nitrogens with one attached hydrogen (secondary N) is 3. The van der Waals surface area contributed by atoms with Crippen LogP contribution >= 0.6 is 12.6 Å². The number of benzene rings is 1. The van der Waals surface area contributed by atoms with E-state index in [0.717, 1.165) is 5.56 Å². The molecule has 5 atom stereocenters. The molecule has 7 N–H and O–H groups in total. The third-order valence-corrected chi connectivity index (χ3v) is 5.93. The minimum atomic E-state index is -1.18. The highest BCUT2D eigenvalue weighted by molar-refractivity contribution is 7.80. The maximum Gasteiger partial charge on any atom is 0.326 e. The molecule has 1 aromatic carbocycles. The number of nitrogens with two attached hydrogens (primary N) is 1. The van der Waals surface area contributed by atoms with Crippen molar-refractivity contribution in [2.75, 3.05) is 5.75 Å². The Hall–Kier alpha value is -2.79. The predicted molar refractivity (Wildman–Crippen MR) is 131 cm³/mol. The van der Waals surface area contributed by atoms with Crippen LogP contribution in [0, 0.1) is 11.8 Å². The fraction of sp³-hybridized carbons (Fsp3) is 0.565. The van der Waals surface area contributed by atoms with Gasteiger partial charge in [0.1, 0.15) is 23.9 Å². The van der Waals surface area contributed by atoms with Crippen molar-refractivity contribution in [3.63, 3.8) is 0 Å². The number of carboxylic acids is 1. The number of hydrogen-bond donors (Lipinski definition) is 7. The summed E-state index contributed by atoms with van der Waals surface area (Å²) in [6.45, 7) is 6.95. The average Bonchev–Trinajstić information content (AvgIpc) is 2.79. The van der Waals surface area contributed by atoms with Crippen molar-refractivity contribution in [3.8, 4) is 5.75 Å². The van der Waals surface area contributed by atoms with Crippen LogP contribution in [0.1, 0.15) is 39.7 Å². The van der Waals surface area contributed by atoms with Crippen molar-refractivity contribution in [2.24, 2.45) is 17.6 Å². The van der Waals surface area contributed by atoms with Gasteiger partial charge in [-0.2, -0.15) is 12.6 Å². The number of phenolic OH excluding ortho intramolecular Hbond substituents is 1. The van der Waals surface area contributed by atoms with Gasteiger partial charge in [-0.25, -0.2) is 4.79 Å². The molecule has 0 spiro atoms. The Balaban J connectivity index is 2.88. The molecule has 3 amide bonds. The quantitative estimate of drug-likeness (QED) is 0.194. The van der Waals surface area contributed by atoms with E-state index in [4.69, 9.17) is 5.73 Å². The third kappa shape index (κ3) is 8.86. The molecule has 0 aliphatic rings. The van der Waals surface area contributed by atoms with Crippen molar-refractivity contribution >= 4 is 36.3 Å². The lowest BCUT2D eigenvalue weighted by Gasteiger charge is -2.28. The highest BCUT2D eigenvalue weighted by Gasteiger charge is 2.32. The van der Waals surface area contributed by atoms with Gasteiger partial charge in [-0.05, 0) is 36.0 Å². The number of carbonyl (C=O) groups is 4. The Kier molecular flexibility index (Phi) is 11.9. The molecule has 0 aliphatic heterocycles. The van der Waals surface area contributed by atoms with Gasteiger partial charge in [0.2, 0.25) is 17.7 Å². The smallest absolute Gasteiger partial charge is 0.326 e. The monoisotopic (exact) mass is 496 g/mol. The zero-order valence-corrected chi connectivity index (χ0v) is 20.8. The summed E-state index contributed by atoms with van der Waals surface area (Å²) >= 11 is 4.12. The number of aromatic hydroxyl groups is 1. The van der Waals surface area contributed by atoms with Gasteiger partial charge in [0.05, 0.1) is 6.04 Å². The Morgan fingerprint density at radius 3 is 1.97 bits per heavy atom. The fourth-order valence-electron chi connectivity index (χ4n) is 3.16. The van der Waals surface area contributed by atoms with Gasteiger partial charge >= 0.3 is 5.97 Å². The first-order valence-electron chi connectivity index (χ1n) is 11.2. The molecule has 34 heavy (non-hydrogen) atoms. The Morgan fingerprint density at radius 2 is 1.50 bits per heavy atom. The minimum absolute atomic E-state index is 0.0659. The second kappa shape index (κ2) is 13.8. The molecule has 0 aromatic heterocycles. The van der Waals surface area contributed by atoms with Crippen LogP contribution in [-0.2, 0) is 25.6 Å². The first-order valence-corrected chi connectivity index (χ1v) is 11.8. The van der Waals surface area contributed by atoms with Crippen LogP contribution in [-0.4, -0.2) is 63.8 Å². The maximum absolute atomic E-state index is 13.0. The van der Waals surface area contributed by atoms with E-state index in [-0.39, 0.29) is 29.8 Å². The van der Waals surface area contributed by atoms with Gasteiger partial charge in [-0.15, -0.1) is 0 Å². The zero-order chi connectivity index (χ0) is 26.0. The van der Waals surface area contributed by atoms with Gasteiger partial charge in [0.15, 0.2) is 0 Å². The predicted octanol–water partition coefficient (Wildman–Crippen LogP) is 0.433. The normalized spacial score (nSPS) is 15.5. The first kappa shape index (κ1) is 29.2. The molecule has 1 rings (SSSR count).